The molecule has 0 heterocycles. The molecule has 16 heavy (non-hydrogen) atoms. The fraction of sp³-hybridized carbons (Fsp3) is 1.00. The van der Waals surface area contributed by atoms with Gasteiger partial charge in [0.05, 0.1) is 0 Å². The monoisotopic (exact) mass is 224 g/mol. The molecule has 0 radical (unpaired) electrons. The van der Waals surface area contributed by atoms with Gasteiger partial charge in [-0.1, -0.05) is 61.3 Å². The predicted molar refractivity (Wildman–Crippen MR) is 73.4 cm³/mol. The fourth-order valence-electron chi connectivity index (χ4n) is 4.30. The average molecular weight is 224 g/mol. The Bertz CT molecular complexity index is 192. The number of hydrogen-bond donors (Lipinski definition) is 0. The van der Waals surface area contributed by atoms with Crippen LogP contribution >= 0.6 is 0 Å². The lowest BCUT2D eigenvalue weighted by molar-refractivity contribution is -0.00942. The van der Waals surface area contributed by atoms with Crippen LogP contribution in [0.4, 0.5) is 0 Å². The van der Waals surface area contributed by atoms with E-state index in [1.165, 1.54) is 12.8 Å². The average Bonchev–Trinajstić information content (AvgIpc) is 2.24. The molecule has 0 bridgehead atoms. The normalized spacial score (nSPS) is 46.7. The Morgan fingerprint density at radius 1 is 0.750 bits per heavy atom. The van der Waals surface area contributed by atoms with Crippen molar-refractivity contribution in [2.45, 2.75) is 61.3 Å². The third kappa shape index (κ3) is 2.46. The van der Waals surface area contributed by atoms with Crippen molar-refractivity contribution >= 4 is 0 Å². The lowest BCUT2D eigenvalue weighted by Gasteiger charge is -2.49. The molecule has 5 unspecified atom stereocenters. The van der Waals surface area contributed by atoms with Crippen LogP contribution in [0.1, 0.15) is 61.3 Å². The molecule has 0 aliphatic heterocycles. The number of rotatable bonds is 3. The van der Waals surface area contributed by atoms with Gasteiger partial charge in [-0.15, -0.1) is 0 Å². The highest BCUT2D eigenvalue weighted by molar-refractivity contribution is 4.91. The molecule has 1 saturated carbocycles. The van der Waals surface area contributed by atoms with Crippen molar-refractivity contribution in [2.24, 2.45) is 41.4 Å². The maximum atomic E-state index is 2.50. The maximum Gasteiger partial charge on any atom is -0.0332 e. The smallest absolute Gasteiger partial charge is 0.0332 e. The fourth-order valence-corrected chi connectivity index (χ4v) is 4.30. The first kappa shape index (κ1) is 14.1. The third-order valence-corrected chi connectivity index (χ3v) is 5.93. The first-order valence-electron chi connectivity index (χ1n) is 7.41. The van der Waals surface area contributed by atoms with E-state index in [0.29, 0.717) is 0 Å². The zero-order valence-electron chi connectivity index (χ0n) is 12.5. The Morgan fingerprint density at radius 3 is 1.50 bits per heavy atom. The Kier molecular flexibility index (Phi) is 4.88. The summed E-state index contributed by atoms with van der Waals surface area (Å²) in [6.07, 6.45) is 2.75. The Balaban J connectivity index is 2.81. The largest absolute Gasteiger partial charge is 0.0654 e. The van der Waals surface area contributed by atoms with Crippen molar-refractivity contribution in [3.05, 3.63) is 0 Å². The summed E-state index contributed by atoms with van der Waals surface area (Å²) in [5.74, 6) is 6.36. The van der Waals surface area contributed by atoms with Crippen molar-refractivity contribution < 1.29 is 0 Å². The summed E-state index contributed by atoms with van der Waals surface area (Å²) in [6.45, 7) is 17.2. The second kappa shape index (κ2) is 5.56. The summed E-state index contributed by atoms with van der Waals surface area (Å²) in [5, 5.41) is 0. The summed E-state index contributed by atoms with van der Waals surface area (Å²) >= 11 is 0. The van der Waals surface area contributed by atoms with Gasteiger partial charge in [0.2, 0.25) is 0 Å². The van der Waals surface area contributed by atoms with Crippen LogP contribution < -0.4 is 0 Å². The summed E-state index contributed by atoms with van der Waals surface area (Å²) < 4.78 is 0. The summed E-state index contributed by atoms with van der Waals surface area (Å²) in [7, 11) is 0. The van der Waals surface area contributed by atoms with Gasteiger partial charge in [0.1, 0.15) is 0 Å². The quantitative estimate of drug-likeness (QED) is 0.615. The minimum absolute atomic E-state index is 0.898. The van der Waals surface area contributed by atoms with Crippen molar-refractivity contribution in [3.8, 4) is 0 Å². The minimum Gasteiger partial charge on any atom is -0.0654 e. The van der Waals surface area contributed by atoms with Gasteiger partial charge in [0.15, 0.2) is 0 Å². The molecular weight excluding hydrogens is 192 g/mol. The van der Waals surface area contributed by atoms with E-state index in [9.17, 15) is 0 Å². The lowest BCUT2D eigenvalue weighted by atomic mass is 9.56. The zero-order valence-corrected chi connectivity index (χ0v) is 12.5. The van der Waals surface area contributed by atoms with Crippen LogP contribution in [0.2, 0.25) is 0 Å². The predicted octanol–water partition coefficient (Wildman–Crippen LogP) is 5.23. The molecule has 1 rings (SSSR count). The van der Waals surface area contributed by atoms with Crippen molar-refractivity contribution in [3.63, 3.8) is 0 Å². The molecular formula is C16H32. The molecule has 0 nitrogen and oxygen atoms in total. The van der Waals surface area contributed by atoms with Crippen LogP contribution in [0.25, 0.3) is 0 Å². The maximum absolute atomic E-state index is 2.50. The second-order valence-corrected chi connectivity index (χ2v) is 6.64. The molecule has 0 amide bonds. The Morgan fingerprint density at radius 2 is 1.12 bits per heavy atom. The molecule has 0 N–H and O–H groups in total. The van der Waals surface area contributed by atoms with E-state index in [0.717, 1.165) is 41.4 Å². The van der Waals surface area contributed by atoms with E-state index in [-0.39, 0.29) is 0 Å². The standard InChI is InChI=1S/C16H32/c1-8-9-10(2)16-14(6)12(4)11(3)13(5)15(16)7/h10-16H,8-9H2,1-7H3. The van der Waals surface area contributed by atoms with Gasteiger partial charge in [-0.25, -0.2) is 0 Å². The second-order valence-electron chi connectivity index (χ2n) is 6.64. The van der Waals surface area contributed by atoms with E-state index in [1.54, 1.807) is 0 Å². The molecule has 0 spiro atoms. The molecule has 0 aromatic carbocycles. The highest BCUT2D eigenvalue weighted by Crippen LogP contribution is 2.48. The highest BCUT2D eigenvalue weighted by atomic mass is 14.5. The molecule has 0 saturated heterocycles. The van der Waals surface area contributed by atoms with E-state index in [1.807, 2.05) is 0 Å². The third-order valence-electron chi connectivity index (χ3n) is 5.93. The van der Waals surface area contributed by atoms with Gasteiger partial charge in [-0.3, -0.25) is 0 Å². The molecule has 1 fully saturated rings. The van der Waals surface area contributed by atoms with Crippen molar-refractivity contribution in [1.29, 1.82) is 0 Å². The molecule has 96 valence electrons. The van der Waals surface area contributed by atoms with Crippen molar-refractivity contribution in [2.75, 3.05) is 0 Å². The van der Waals surface area contributed by atoms with Crippen molar-refractivity contribution in [1.82, 2.24) is 0 Å². The SMILES string of the molecule is CCCC(C)C1C(C)C(C)C(C)C(C)C1C. The van der Waals surface area contributed by atoms with Crippen LogP contribution in [-0.2, 0) is 0 Å². The highest BCUT2D eigenvalue weighted by Gasteiger charge is 2.42. The van der Waals surface area contributed by atoms with E-state index >= 15 is 0 Å². The summed E-state index contributed by atoms with van der Waals surface area (Å²) in [4.78, 5) is 0. The van der Waals surface area contributed by atoms with Gasteiger partial charge < -0.3 is 0 Å². The van der Waals surface area contributed by atoms with Crippen LogP contribution in [0.15, 0.2) is 0 Å². The first-order chi connectivity index (χ1) is 7.41. The summed E-state index contributed by atoms with van der Waals surface area (Å²) in [6, 6.07) is 0. The van der Waals surface area contributed by atoms with E-state index in [4.69, 9.17) is 0 Å². The Labute approximate surface area is 103 Å². The minimum atomic E-state index is 0.898. The summed E-state index contributed by atoms with van der Waals surface area (Å²) in [5.41, 5.74) is 0. The molecule has 5 atom stereocenters. The van der Waals surface area contributed by atoms with E-state index in [2.05, 4.69) is 48.5 Å². The first-order valence-corrected chi connectivity index (χ1v) is 7.41. The van der Waals surface area contributed by atoms with Crippen LogP contribution in [0, 0.1) is 41.4 Å². The van der Waals surface area contributed by atoms with Gasteiger partial charge in [0, 0.05) is 0 Å². The van der Waals surface area contributed by atoms with Gasteiger partial charge in [0.25, 0.3) is 0 Å². The number of hydrogen-bond acceptors (Lipinski definition) is 0. The zero-order chi connectivity index (χ0) is 12.5. The topological polar surface area (TPSA) is 0 Å². The van der Waals surface area contributed by atoms with Crippen LogP contribution in [0.5, 0.6) is 0 Å². The molecule has 0 aromatic rings. The Hall–Kier alpha value is 0. The molecule has 1 aliphatic carbocycles. The molecule has 0 heteroatoms. The van der Waals surface area contributed by atoms with Gasteiger partial charge in [-0.2, -0.15) is 0 Å². The van der Waals surface area contributed by atoms with Crippen LogP contribution in [-0.4, -0.2) is 0 Å². The van der Waals surface area contributed by atoms with Gasteiger partial charge in [-0.05, 0) is 41.4 Å². The van der Waals surface area contributed by atoms with Crippen LogP contribution in [0.3, 0.4) is 0 Å². The molecule has 1 aliphatic rings. The van der Waals surface area contributed by atoms with Gasteiger partial charge >= 0.3 is 0 Å². The van der Waals surface area contributed by atoms with E-state index < -0.39 is 0 Å². The molecule has 0 aromatic heterocycles. The lowest BCUT2D eigenvalue weighted by Crippen LogP contribution is -2.43.